The van der Waals surface area contributed by atoms with E-state index in [2.05, 4.69) is 22.1 Å². The van der Waals surface area contributed by atoms with Gasteiger partial charge in [0, 0.05) is 32.4 Å². The minimum atomic E-state index is -0.396. The SMILES string of the molecule is CCCN1CCC[C@@]2(CCN(C(=O)c3cc(-c4ccccn4)n[nH]3)C2)C1=O. The maximum atomic E-state index is 13.0. The summed E-state index contributed by atoms with van der Waals surface area (Å²) in [7, 11) is 0. The summed E-state index contributed by atoms with van der Waals surface area (Å²) in [6.45, 7) is 4.86. The number of hydrogen-bond acceptors (Lipinski definition) is 4. The number of pyridine rings is 1. The van der Waals surface area contributed by atoms with Crippen molar-refractivity contribution < 1.29 is 9.59 Å². The minimum absolute atomic E-state index is 0.0954. The van der Waals surface area contributed by atoms with E-state index < -0.39 is 5.41 Å². The molecule has 2 saturated heterocycles. The van der Waals surface area contributed by atoms with Gasteiger partial charge in [0.05, 0.1) is 11.1 Å². The van der Waals surface area contributed by atoms with Crippen LogP contribution >= 0.6 is 0 Å². The van der Waals surface area contributed by atoms with Crippen molar-refractivity contribution in [2.45, 2.75) is 32.6 Å². The number of aromatic amines is 1. The van der Waals surface area contributed by atoms with Crippen LogP contribution in [0.4, 0.5) is 0 Å². The molecular formula is C20H25N5O2. The lowest BCUT2D eigenvalue weighted by Crippen LogP contribution is -2.50. The molecule has 0 aliphatic carbocycles. The van der Waals surface area contributed by atoms with Gasteiger partial charge >= 0.3 is 0 Å². The predicted octanol–water partition coefficient (Wildman–Crippen LogP) is 2.34. The van der Waals surface area contributed by atoms with Crippen LogP contribution in [0.25, 0.3) is 11.4 Å². The number of likely N-dealkylation sites (tertiary alicyclic amines) is 2. The lowest BCUT2D eigenvalue weighted by molar-refractivity contribution is -0.145. The third-order valence-corrected chi connectivity index (χ3v) is 5.69. The highest BCUT2D eigenvalue weighted by atomic mass is 16.2. The average Bonchev–Trinajstić information content (AvgIpc) is 3.35. The van der Waals surface area contributed by atoms with E-state index in [9.17, 15) is 9.59 Å². The number of amides is 2. The van der Waals surface area contributed by atoms with E-state index >= 15 is 0 Å². The van der Waals surface area contributed by atoms with Crippen LogP contribution in [0.1, 0.15) is 43.1 Å². The summed E-state index contributed by atoms with van der Waals surface area (Å²) < 4.78 is 0. The first kappa shape index (κ1) is 17.7. The Hall–Kier alpha value is -2.70. The second kappa shape index (κ2) is 7.13. The number of piperidine rings is 1. The van der Waals surface area contributed by atoms with Gasteiger partial charge in [0.1, 0.15) is 11.4 Å². The largest absolute Gasteiger partial charge is 0.342 e. The van der Waals surface area contributed by atoms with E-state index in [0.717, 1.165) is 44.5 Å². The fourth-order valence-electron chi connectivity index (χ4n) is 4.31. The molecule has 7 nitrogen and oxygen atoms in total. The van der Waals surface area contributed by atoms with Gasteiger partial charge in [-0.1, -0.05) is 13.0 Å². The molecule has 2 amide bonds. The highest BCUT2D eigenvalue weighted by Crippen LogP contribution is 2.40. The normalized spacial score (nSPS) is 22.6. The number of carbonyl (C=O) groups is 2. The summed E-state index contributed by atoms with van der Waals surface area (Å²) in [5.41, 5.74) is 1.42. The molecule has 4 heterocycles. The summed E-state index contributed by atoms with van der Waals surface area (Å²) in [6, 6.07) is 7.33. The van der Waals surface area contributed by atoms with Crippen molar-refractivity contribution in [3.63, 3.8) is 0 Å². The molecule has 0 saturated carbocycles. The molecule has 2 aromatic rings. The zero-order chi connectivity index (χ0) is 18.9. The highest BCUT2D eigenvalue weighted by molar-refractivity contribution is 5.94. The molecule has 0 radical (unpaired) electrons. The van der Waals surface area contributed by atoms with Crippen molar-refractivity contribution in [2.75, 3.05) is 26.2 Å². The van der Waals surface area contributed by atoms with Crippen LogP contribution in [-0.2, 0) is 4.79 Å². The fraction of sp³-hybridized carbons (Fsp3) is 0.500. The molecule has 2 aromatic heterocycles. The summed E-state index contributed by atoms with van der Waals surface area (Å²) in [5.74, 6) is 0.131. The van der Waals surface area contributed by atoms with E-state index in [0.29, 0.717) is 24.5 Å². The first-order valence-corrected chi connectivity index (χ1v) is 9.68. The second-order valence-electron chi connectivity index (χ2n) is 7.53. The first-order chi connectivity index (χ1) is 13.1. The number of H-pyrrole nitrogens is 1. The van der Waals surface area contributed by atoms with Gasteiger partial charge in [-0.15, -0.1) is 0 Å². The van der Waals surface area contributed by atoms with Crippen molar-refractivity contribution in [1.29, 1.82) is 0 Å². The number of carbonyl (C=O) groups excluding carboxylic acids is 2. The Balaban J connectivity index is 1.48. The third kappa shape index (κ3) is 3.22. The molecule has 1 N–H and O–H groups in total. The average molecular weight is 367 g/mol. The Morgan fingerprint density at radius 3 is 2.93 bits per heavy atom. The molecule has 7 heteroatoms. The quantitative estimate of drug-likeness (QED) is 0.899. The van der Waals surface area contributed by atoms with Crippen LogP contribution < -0.4 is 0 Å². The summed E-state index contributed by atoms with van der Waals surface area (Å²) in [4.78, 5) is 34.0. The number of rotatable bonds is 4. The number of nitrogens with zero attached hydrogens (tertiary/aromatic N) is 4. The molecule has 0 bridgehead atoms. The number of nitrogens with one attached hydrogen (secondary N) is 1. The second-order valence-corrected chi connectivity index (χ2v) is 7.53. The number of aromatic nitrogens is 3. The maximum absolute atomic E-state index is 13.0. The van der Waals surface area contributed by atoms with E-state index in [1.165, 1.54) is 0 Å². The molecule has 27 heavy (non-hydrogen) atoms. The van der Waals surface area contributed by atoms with Crippen LogP contribution in [0.5, 0.6) is 0 Å². The monoisotopic (exact) mass is 367 g/mol. The van der Waals surface area contributed by atoms with E-state index in [1.807, 2.05) is 23.1 Å². The van der Waals surface area contributed by atoms with Crippen molar-refractivity contribution in [3.8, 4) is 11.4 Å². The molecule has 0 aromatic carbocycles. The van der Waals surface area contributed by atoms with Crippen molar-refractivity contribution in [3.05, 3.63) is 36.2 Å². The van der Waals surface area contributed by atoms with Crippen LogP contribution in [0.15, 0.2) is 30.5 Å². The zero-order valence-electron chi connectivity index (χ0n) is 15.6. The smallest absolute Gasteiger partial charge is 0.271 e. The molecule has 2 aliphatic heterocycles. The first-order valence-electron chi connectivity index (χ1n) is 9.68. The lowest BCUT2D eigenvalue weighted by Gasteiger charge is -2.39. The topological polar surface area (TPSA) is 82.2 Å². The van der Waals surface area contributed by atoms with Gasteiger partial charge < -0.3 is 9.80 Å². The van der Waals surface area contributed by atoms with Crippen molar-refractivity contribution in [2.24, 2.45) is 5.41 Å². The van der Waals surface area contributed by atoms with Crippen LogP contribution in [0.3, 0.4) is 0 Å². The maximum Gasteiger partial charge on any atom is 0.271 e. The molecule has 4 rings (SSSR count). The zero-order valence-corrected chi connectivity index (χ0v) is 15.6. The summed E-state index contributed by atoms with van der Waals surface area (Å²) in [5, 5.41) is 7.06. The Morgan fingerprint density at radius 2 is 2.15 bits per heavy atom. The molecule has 142 valence electrons. The fourth-order valence-corrected chi connectivity index (χ4v) is 4.31. The van der Waals surface area contributed by atoms with Gasteiger partial charge in [-0.3, -0.25) is 19.7 Å². The lowest BCUT2D eigenvalue weighted by atomic mass is 9.78. The van der Waals surface area contributed by atoms with Crippen molar-refractivity contribution >= 4 is 11.8 Å². The van der Waals surface area contributed by atoms with Crippen molar-refractivity contribution in [1.82, 2.24) is 25.0 Å². The van der Waals surface area contributed by atoms with Crippen LogP contribution in [0, 0.1) is 5.41 Å². The Morgan fingerprint density at radius 1 is 1.26 bits per heavy atom. The van der Waals surface area contributed by atoms with Gasteiger partial charge in [-0.25, -0.2) is 0 Å². The molecular weight excluding hydrogens is 342 g/mol. The highest BCUT2D eigenvalue weighted by Gasteiger charge is 2.49. The van der Waals surface area contributed by atoms with Gasteiger partial charge in [0.15, 0.2) is 0 Å². The Bertz CT molecular complexity index is 832. The van der Waals surface area contributed by atoms with Gasteiger partial charge in [0.25, 0.3) is 5.91 Å². The van der Waals surface area contributed by atoms with E-state index in [-0.39, 0.29) is 11.8 Å². The standard InChI is InChI=1S/C20H25N5O2/c1-2-10-24-11-5-7-20(19(24)27)8-12-25(14-20)18(26)17-13-16(22-23-17)15-6-3-4-9-21-15/h3-4,6,9,13H,2,5,7-8,10-12,14H2,1H3,(H,22,23)/t20-/m0/s1. The minimum Gasteiger partial charge on any atom is -0.342 e. The van der Waals surface area contributed by atoms with Gasteiger partial charge in [-0.2, -0.15) is 5.10 Å². The van der Waals surface area contributed by atoms with E-state index in [1.54, 1.807) is 17.2 Å². The molecule has 2 fully saturated rings. The van der Waals surface area contributed by atoms with Crippen LogP contribution in [-0.4, -0.2) is 63.0 Å². The summed E-state index contributed by atoms with van der Waals surface area (Å²) >= 11 is 0. The molecule has 1 spiro atoms. The molecule has 2 aliphatic rings. The Labute approximate surface area is 158 Å². The van der Waals surface area contributed by atoms with Gasteiger partial charge in [0.2, 0.25) is 5.91 Å². The number of hydrogen-bond donors (Lipinski definition) is 1. The molecule has 1 atom stereocenters. The van der Waals surface area contributed by atoms with E-state index in [4.69, 9.17) is 0 Å². The predicted molar refractivity (Wildman–Crippen MR) is 101 cm³/mol. The van der Waals surface area contributed by atoms with Gasteiger partial charge in [-0.05, 0) is 43.9 Å². The Kier molecular flexibility index (Phi) is 4.68. The van der Waals surface area contributed by atoms with Crippen LogP contribution in [0.2, 0.25) is 0 Å². The third-order valence-electron chi connectivity index (χ3n) is 5.69. The summed E-state index contributed by atoms with van der Waals surface area (Å²) in [6.07, 6.45) is 5.31. The molecule has 0 unspecified atom stereocenters.